The quantitative estimate of drug-likeness (QED) is 0.912. The van der Waals surface area contributed by atoms with Crippen molar-refractivity contribution in [2.75, 3.05) is 31.1 Å². The van der Waals surface area contributed by atoms with Gasteiger partial charge in [-0.05, 0) is 37.3 Å². The van der Waals surface area contributed by atoms with Crippen molar-refractivity contribution in [3.8, 4) is 0 Å². The number of rotatable bonds is 4. The van der Waals surface area contributed by atoms with Crippen molar-refractivity contribution in [3.63, 3.8) is 0 Å². The standard InChI is InChI=1S/C20H32N4O/c1-15-7-6-8-18(16(15)2)22-20(25)17(3)23-11-13-24(14-12-23)19-9-4-5-10-21-19/h4-5,9-10,15-18H,6-8,11-14H2,1-3H3,(H,22,25)/t15-,16-,17-,18-/m1/s1. The molecule has 0 aromatic carbocycles. The van der Waals surface area contributed by atoms with Gasteiger partial charge in [-0.1, -0.05) is 32.8 Å². The molecule has 25 heavy (non-hydrogen) atoms. The van der Waals surface area contributed by atoms with Crippen LogP contribution in [-0.4, -0.2) is 54.1 Å². The fraction of sp³-hybridized carbons (Fsp3) is 0.700. The molecule has 1 aromatic rings. The highest BCUT2D eigenvalue weighted by Crippen LogP contribution is 2.29. The first-order chi connectivity index (χ1) is 12.1. The molecule has 2 aliphatic rings. The van der Waals surface area contributed by atoms with E-state index in [1.807, 2.05) is 25.3 Å². The Balaban J connectivity index is 1.50. The van der Waals surface area contributed by atoms with Gasteiger partial charge >= 0.3 is 0 Å². The lowest BCUT2D eigenvalue weighted by Gasteiger charge is -2.39. The van der Waals surface area contributed by atoms with Gasteiger partial charge in [0.15, 0.2) is 0 Å². The van der Waals surface area contributed by atoms with E-state index >= 15 is 0 Å². The number of anilines is 1. The van der Waals surface area contributed by atoms with Crippen LogP contribution < -0.4 is 10.2 Å². The third-order valence-corrected chi connectivity index (χ3v) is 6.25. The first kappa shape index (κ1) is 18.2. The van der Waals surface area contributed by atoms with Gasteiger partial charge in [0.1, 0.15) is 5.82 Å². The van der Waals surface area contributed by atoms with Crippen LogP contribution in [0, 0.1) is 11.8 Å². The van der Waals surface area contributed by atoms with Crippen molar-refractivity contribution in [2.24, 2.45) is 11.8 Å². The van der Waals surface area contributed by atoms with Crippen LogP contribution in [0.1, 0.15) is 40.0 Å². The van der Waals surface area contributed by atoms with E-state index in [0.717, 1.165) is 38.4 Å². The zero-order valence-electron chi connectivity index (χ0n) is 15.8. The maximum atomic E-state index is 12.7. The third kappa shape index (κ3) is 4.32. The minimum absolute atomic E-state index is 0.0599. The second-order valence-electron chi connectivity index (χ2n) is 7.77. The van der Waals surface area contributed by atoms with Gasteiger partial charge in [-0.25, -0.2) is 4.98 Å². The predicted molar refractivity (Wildman–Crippen MR) is 102 cm³/mol. The monoisotopic (exact) mass is 344 g/mol. The maximum absolute atomic E-state index is 12.7. The van der Waals surface area contributed by atoms with E-state index in [1.54, 1.807) is 0 Å². The Morgan fingerprint density at radius 2 is 1.96 bits per heavy atom. The van der Waals surface area contributed by atoms with Crippen LogP contribution in [0.5, 0.6) is 0 Å². The van der Waals surface area contributed by atoms with Crippen molar-refractivity contribution in [1.82, 2.24) is 15.2 Å². The lowest BCUT2D eigenvalue weighted by molar-refractivity contribution is -0.127. The van der Waals surface area contributed by atoms with E-state index in [1.165, 1.54) is 12.8 Å². The summed E-state index contributed by atoms with van der Waals surface area (Å²) in [5, 5.41) is 3.33. The van der Waals surface area contributed by atoms with Crippen molar-refractivity contribution >= 4 is 11.7 Å². The molecule has 1 amide bonds. The summed E-state index contributed by atoms with van der Waals surface area (Å²) in [7, 11) is 0. The molecule has 0 unspecified atom stereocenters. The van der Waals surface area contributed by atoms with Gasteiger partial charge in [-0.3, -0.25) is 9.69 Å². The zero-order valence-corrected chi connectivity index (χ0v) is 15.8. The van der Waals surface area contributed by atoms with E-state index in [-0.39, 0.29) is 11.9 Å². The lowest BCUT2D eigenvalue weighted by atomic mass is 9.78. The fourth-order valence-corrected chi connectivity index (χ4v) is 4.13. The SMILES string of the molecule is C[C@@H]1[C@H](C)CCC[C@H]1NC(=O)[C@@H](C)N1CCN(c2ccccn2)CC1. The van der Waals surface area contributed by atoms with Gasteiger partial charge in [-0.2, -0.15) is 0 Å². The number of carbonyl (C=O) groups is 1. The average molecular weight is 345 g/mol. The van der Waals surface area contributed by atoms with Crippen LogP contribution >= 0.6 is 0 Å². The Kier molecular flexibility index (Phi) is 5.94. The number of nitrogens with one attached hydrogen (secondary N) is 1. The van der Waals surface area contributed by atoms with Gasteiger partial charge in [0, 0.05) is 38.4 Å². The Morgan fingerprint density at radius 1 is 1.20 bits per heavy atom. The van der Waals surface area contributed by atoms with E-state index in [2.05, 4.69) is 40.0 Å². The van der Waals surface area contributed by atoms with Gasteiger partial charge < -0.3 is 10.2 Å². The smallest absolute Gasteiger partial charge is 0.237 e. The van der Waals surface area contributed by atoms with Gasteiger partial charge in [0.25, 0.3) is 0 Å². The largest absolute Gasteiger partial charge is 0.354 e. The molecule has 5 heteroatoms. The van der Waals surface area contributed by atoms with Gasteiger partial charge in [-0.15, -0.1) is 0 Å². The highest BCUT2D eigenvalue weighted by Gasteiger charge is 2.31. The predicted octanol–water partition coefficient (Wildman–Crippen LogP) is 2.53. The number of amides is 1. The van der Waals surface area contributed by atoms with Crippen molar-refractivity contribution in [1.29, 1.82) is 0 Å². The van der Waals surface area contributed by atoms with Gasteiger partial charge in [0.05, 0.1) is 6.04 Å². The van der Waals surface area contributed by atoms with E-state index in [4.69, 9.17) is 0 Å². The zero-order chi connectivity index (χ0) is 17.8. The number of pyridine rings is 1. The van der Waals surface area contributed by atoms with Crippen LogP contribution in [0.2, 0.25) is 0 Å². The van der Waals surface area contributed by atoms with Crippen LogP contribution in [0.15, 0.2) is 24.4 Å². The molecule has 1 saturated heterocycles. The highest BCUT2D eigenvalue weighted by molar-refractivity contribution is 5.81. The number of nitrogens with zero attached hydrogens (tertiary/aromatic N) is 3. The molecule has 0 radical (unpaired) electrons. The molecular weight excluding hydrogens is 312 g/mol. The molecule has 1 aliphatic carbocycles. The number of hydrogen-bond acceptors (Lipinski definition) is 4. The van der Waals surface area contributed by atoms with Crippen LogP contribution in [0.3, 0.4) is 0 Å². The van der Waals surface area contributed by atoms with Crippen LogP contribution in [-0.2, 0) is 4.79 Å². The fourth-order valence-electron chi connectivity index (χ4n) is 4.13. The molecule has 3 rings (SSSR count). The molecule has 1 aliphatic heterocycles. The summed E-state index contributed by atoms with van der Waals surface area (Å²) in [5.74, 6) is 2.50. The number of aromatic nitrogens is 1. The molecule has 0 spiro atoms. The van der Waals surface area contributed by atoms with Crippen molar-refractivity contribution in [3.05, 3.63) is 24.4 Å². The first-order valence-corrected chi connectivity index (χ1v) is 9.76. The Hall–Kier alpha value is -1.62. The summed E-state index contributed by atoms with van der Waals surface area (Å²) in [6.45, 7) is 10.3. The van der Waals surface area contributed by atoms with E-state index in [0.29, 0.717) is 17.9 Å². The molecule has 5 nitrogen and oxygen atoms in total. The van der Waals surface area contributed by atoms with Crippen molar-refractivity contribution < 1.29 is 4.79 Å². The number of piperazine rings is 1. The second kappa shape index (κ2) is 8.17. The maximum Gasteiger partial charge on any atom is 0.237 e. The molecule has 4 atom stereocenters. The summed E-state index contributed by atoms with van der Waals surface area (Å²) in [6.07, 6.45) is 5.48. The number of hydrogen-bond donors (Lipinski definition) is 1. The Morgan fingerprint density at radius 3 is 2.64 bits per heavy atom. The molecule has 2 fully saturated rings. The summed E-state index contributed by atoms with van der Waals surface area (Å²) < 4.78 is 0. The minimum atomic E-state index is -0.0599. The summed E-state index contributed by atoms with van der Waals surface area (Å²) in [6, 6.07) is 6.30. The second-order valence-corrected chi connectivity index (χ2v) is 7.77. The first-order valence-electron chi connectivity index (χ1n) is 9.76. The molecule has 1 saturated carbocycles. The van der Waals surface area contributed by atoms with Crippen LogP contribution in [0.4, 0.5) is 5.82 Å². The molecule has 0 bridgehead atoms. The molecule has 2 heterocycles. The lowest BCUT2D eigenvalue weighted by Crippen LogP contribution is -2.56. The summed E-state index contributed by atoms with van der Waals surface area (Å²) in [4.78, 5) is 21.8. The minimum Gasteiger partial charge on any atom is -0.354 e. The molecule has 138 valence electrons. The number of carbonyl (C=O) groups excluding carboxylic acids is 1. The molecule has 1 aromatic heterocycles. The van der Waals surface area contributed by atoms with Crippen LogP contribution in [0.25, 0.3) is 0 Å². The molecular formula is C20H32N4O. The molecule has 1 N–H and O–H groups in total. The topological polar surface area (TPSA) is 48.5 Å². The average Bonchev–Trinajstić information content (AvgIpc) is 2.65. The highest BCUT2D eigenvalue weighted by atomic mass is 16.2. The Bertz CT molecular complexity index is 556. The normalized spacial score (nSPS) is 29.2. The summed E-state index contributed by atoms with van der Waals surface area (Å²) in [5.41, 5.74) is 0. The van der Waals surface area contributed by atoms with E-state index in [9.17, 15) is 4.79 Å². The van der Waals surface area contributed by atoms with Gasteiger partial charge in [0.2, 0.25) is 5.91 Å². The van der Waals surface area contributed by atoms with Crippen molar-refractivity contribution in [2.45, 2.75) is 52.1 Å². The Labute approximate surface area is 151 Å². The van der Waals surface area contributed by atoms with E-state index < -0.39 is 0 Å². The third-order valence-electron chi connectivity index (χ3n) is 6.25. The summed E-state index contributed by atoms with van der Waals surface area (Å²) >= 11 is 0.